The standard InChI is InChI=1S/C24H34N4O3.HI/c1-17(2)31-20-13-11-19(12-14-20)27-23(26-16-22(29)28-24(3,4)5)25-15-18-9-7-8-10-21(18)30-6;/h7-14,17H,15-16H2,1-6H3,(H,28,29)(H2,25,26,27);1H. The second-order valence-electron chi connectivity index (χ2n) is 8.44. The predicted octanol–water partition coefficient (Wildman–Crippen LogP) is 4.57. The number of halogens is 1. The maximum Gasteiger partial charge on any atom is 0.239 e. The third-order valence-corrected chi connectivity index (χ3v) is 4.02. The van der Waals surface area contributed by atoms with Gasteiger partial charge in [0.15, 0.2) is 5.96 Å². The number of rotatable bonds is 8. The maximum atomic E-state index is 12.2. The van der Waals surface area contributed by atoms with E-state index in [0.717, 1.165) is 22.7 Å². The first-order chi connectivity index (χ1) is 14.7. The SMILES string of the molecule is COc1ccccc1CN=C(NCC(=O)NC(C)(C)C)Nc1ccc(OC(C)C)cc1.I. The van der Waals surface area contributed by atoms with Crippen molar-refractivity contribution >= 4 is 41.5 Å². The summed E-state index contributed by atoms with van der Waals surface area (Å²) < 4.78 is 11.1. The van der Waals surface area contributed by atoms with Gasteiger partial charge in [-0.15, -0.1) is 24.0 Å². The van der Waals surface area contributed by atoms with Gasteiger partial charge in [-0.25, -0.2) is 4.99 Å². The van der Waals surface area contributed by atoms with Gasteiger partial charge < -0.3 is 25.4 Å². The predicted molar refractivity (Wildman–Crippen MR) is 141 cm³/mol. The van der Waals surface area contributed by atoms with Crippen LogP contribution in [0, 0.1) is 0 Å². The van der Waals surface area contributed by atoms with Gasteiger partial charge in [0, 0.05) is 16.8 Å². The number of hydrogen-bond donors (Lipinski definition) is 3. The number of nitrogens with one attached hydrogen (secondary N) is 3. The van der Waals surface area contributed by atoms with Crippen LogP contribution >= 0.6 is 24.0 Å². The number of hydrogen-bond acceptors (Lipinski definition) is 4. The first kappa shape index (κ1) is 27.5. The molecule has 0 atom stereocenters. The first-order valence-electron chi connectivity index (χ1n) is 10.4. The molecule has 0 aromatic heterocycles. The van der Waals surface area contributed by atoms with Crippen LogP contribution in [0.25, 0.3) is 0 Å². The number of ether oxygens (including phenoxy) is 2. The summed E-state index contributed by atoms with van der Waals surface area (Å²) in [5, 5.41) is 9.28. The maximum absolute atomic E-state index is 12.2. The van der Waals surface area contributed by atoms with Gasteiger partial charge in [-0.1, -0.05) is 18.2 Å². The Morgan fingerprint density at radius 1 is 1.06 bits per heavy atom. The molecule has 0 aliphatic heterocycles. The summed E-state index contributed by atoms with van der Waals surface area (Å²) in [6.45, 7) is 10.3. The number of guanidine groups is 1. The molecular formula is C24H35IN4O3. The number of anilines is 1. The molecule has 32 heavy (non-hydrogen) atoms. The van der Waals surface area contributed by atoms with Crippen LogP contribution in [0.3, 0.4) is 0 Å². The topological polar surface area (TPSA) is 84.0 Å². The van der Waals surface area contributed by atoms with E-state index in [9.17, 15) is 4.79 Å². The van der Waals surface area contributed by atoms with Crippen LogP contribution in [0.2, 0.25) is 0 Å². The molecule has 2 aromatic rings. The van der Waals surface area contributed by atoms with E-state index in [1.807, 2.05) is 83.1 Å². The molecule has 0 heterocycles. The molecule has 176 valence electrons. The Balaban J connectivity index is 0.00000512. The van der Waals surface area contributed by atoms with E-state index in [1.54, 1.807) is 7.11 Å². The second-order valence-corrected chi connectivity index (χ2v) is 8.44. The highest BCUT2D eigenvalue weighted by Crippen LogP contribution is 2.19. The molecule has 0 fully saturated rings. The summed E-state index contributed by atoms with van der Waals surface area (Å²) in [6, 6.07) is 15.3. The van der Waals surface area contributed by atoms with Crippen molar-refractivity contribution in [2.45, 2.75) is 52.8 Å². The Bertz CT molecular complexity index is 878. The summed E-state index contributed by atoms with van der Waals surface area (Å²) in [7, 11) is 1.64. The minimum absolute atomic E-state index is 0. The Morgan fingerprint density at radius 2 is 1.72 bits per heavy atom. The zero-order chi connectivity index (χ0) is 22.9. The number of benzene rings is 2. The Labute approximate surface area is 208 Å². The van der Waals surface area contributed by atoms with Gasteiger partial charge in [-0.2, -0.15) is 0 Å². The van der Waals surface area contributed by atoms with E-state index in [-0.39, 0.29) is 48.1 Å². The number of amides is 1. The molecule has 0 aliphatic carbocycles. The zero-order valence-electron chi connectivity index (χ0n) is 19.7. The molecule has 0 saturated heterocycles. The summed E-state index contributed by atoms with van der Waals surface area (Å²) in [6.07, 6.45) is 0.111. The number of carbonyl (C=O) groups is 1. The van der Waals surface area contributed by atoms with Crippen LogP contribution < -0.4 is 25.4 Å². The highest BCUT2D eigenvalue weighted by molar-refractivity contribution is 14.0. The number of methoxy groups -OCH3 is 1. The average Bonchev–Trinajstić information content (AvgIpc) is 2.70. The molecule has 2 rings (SSSR count). The molecule has 1 amide bonds. The molecule has 0 unspecified atom stereocenters. The number of aliphatic imine (C=N–C) groups is 1. The summed E-state index contributed by atoms with van der Waals surface area (Å²) in [5.41, 5.74) is 1.48. The monoisotopic (exact) mass is 554 g/mol. The molecule has 0 radical (unpaired) electrons. The van der Waals surface area contributed by atoms with E-state index < -0.39 is 0 Å². The summed E-state index contributed by atoms with van der Waals surface area (Å²) >= 11 is 0. The fraction of sp³-hybridized carbons (Fsp3) is 0.417. The van der Waals surface area contributed by atoms with Crippen LogP contribution in [0.15, 0.2) is 53.5 Å². The van der Waals surface area contributed by atoms with Crippen LogP contribution in [-0.2, 0) is 11.3 Å². The minimum atomic E-state index is -0.298. The van der Waals surface area contributed by atoms with Crippen molar-refractivity contribution in [2.75, 3.05) is 19.0 Å². The van der Waals surface area contributed by atoms with Crippen molar-refractivity contribution in [2.24, 2.45) is 4.99 Å². The van der Waals surface area contributed by atoms with Crippen molar-refractivity contribution in [1.82, 2.24) is 10.6 Å². The zero-order valence-corrected chi connectivity index (χ0v) is 22.0. The van der Waals surface area contributed by atoms with E-state index in [0.29, 0.717) is 12.5 Å². The molecule has 0 aliphatic rings. The lowest BCUT2D eigenvalue weighted by Crippen LogP contribution is -2.46. The Kier molecular flexibility index (Phi) is 11.3. The molecule has 0 saturated carbocycles. The second kappa shape index (κ2) is 13.1. The lowest BCUT2D eigenvalue weighted by Gasteiger charge is -2.21. The van der Waals surface area contributed by atoms with Gasteiger partial charge in [0.25, 0.3) is 0 Å². The van der Waals surface area contributed by atoms with E-state index >= 15 is 0 Å². The molecular weight excluding hydrogens is 519 g/mol. The quantitative estimate of drug-likeness (QED) is 0.253. The van der Waals surface area contributed by atoms with Gasteiger partial charge >= 0.3 is 0 Å². The third kappa shape index (κ3) is 10.2. The molecule has 7 nitrogen and oxygen atoms in total. The van der Waals surface area contributed by atoms with Gasteiger partial charge in [-0.3, -0.25) is 4.79 Å². The van der Waals surface area contributed by atoms with E-state index in [4.69, 9.17) is 9.47 Å². The van der Waals surface area contributed by atoms with Crippen LogP contribution in [0.5, 0.6) is 11.5 Å². The van der Waals surface area contributed by atoms with Crippen molar-refractivity contribution in [3.63, 3.8) is 0 Å². The summed E-state index contributed by atoms with van der Waals surface area (Å²) in [5.74, 6) is 1.95. The fourth-order valence-electron chi connectivity index (χ4n) is 2.79. The van der Waals surface area contributed by atoms with Crippen molar-refractivity contribution in [3.8, 4) is 11.5 Å². The van der Waals surface area contributed by atoms with Gasteiger partial charge in [0.1, 0.15) is 11.5 Å². The number of nitrogens with zero attached hydrogens (tertiary/aromatic N) is 1. The molecule has 0 spiro atoms. The molecule has 8 heteroatoms. The number of carbonyl (C=O) groups excluding carboxylic acids is 1. The smallest absolute Gasteiger partial charge is 0.239 e. The lowest BCUT2D eigenvalue weighted by atomic mass is 10.1. The van der Waals surface area contributed by atoms with Crippen LogP contribution in [0.4, 0.5) is 5.69 Å². The van der Waals surface area contributed by atoms with Crippen molar-refractivity contribution < 1.29 is 14.3 Å². The van der Waals surface area contributed by atoms with Crippen LogP contribution in [-0.4, -0.2) is 37.2 Å². The summed E-state index contributed by atoms with van der Waals surface area (Å²) in [4.78, 5) is 16.9. The largest absolute Gasteiger partial charge is 0.496 e. The number of para-hydroxylation sites is 1. The fourth-order valence-corrected chi connectivity index (χ4v) is 2.79. The van der Waals surface area contributed by atoms with E-state index in [2.05, 4.69) is 20.9 Å². The first-order valence-corrected chi connectivity index (χ1v) is 10.4. The van der Waals surface area contributed by atoms with Gasteiger partial charge in [0.2, 0.25) is 5.91 Å². The lowest BCUT2D eigenvalue weighted by molar-refractivity contribution is -0.121. The average molecular weight is 554 g/mol. The third-order valence-electron chi connectivity index (χ3n) is 4.02. The van der Waals surface area contributed by atoms with Crippen molar-refractivity contribution in [3.05, 3.63) is 54.1 Å². The molecule has 2 aromatic carbocycles. The normalized spacial score (nSPS) is 11.4. The Hall–Kier alpha value is -2.49. The van der Waals surface area contributed by atoms with Crippen LogP contribution in [0.1, 0.15) is 40.2 Å². The van der Waals surface area contributed by atoms with E-state index in [1.165, 1.54) is 0 Å². The molecule has 3 N–H and O–H groups in total. The van der Waals surface area contributed by atoms with Gasteiger partial charge in [0.05, 0.1) is 26.3 Å². The minimum Gasteiger partial charge on any atom is -0.496 e. The molecule has 0 bridgehead atoms. The highest BCUT2D eigenvalue weighted by Gasteiger charge is 2.14. The van der Waals surface area contributed by atoms with Crippen molar-refractivity contribution in [1.29, 1.82) is 0 Å². The Morgan fingerprint density at radius 3 is 2.31 bits per heavy atom. The highest BCUT2D eigenvalue weighted by atomic mass is 127. The van der Waals surface area contributed by atoms with Gasteiger partial charge in [-0.05, 0) is 65.0 Å².